The van der Waals surface area contributed by atoms with Crippen molar-refractivity contribution in [2.75, 3.05) is 12.4 Å². The third-order valence-corrected chi connectivity index (χ3v) is 1.95. The predicted octanol–water partition coefficient (Wildman–Crippen LogP) is -5.39. The molecule has 0 aromatic rings. The topological polar surface area (TPSA) is 43.4 Å². The molecular formula is C4H12Na2O3S. The first-order valence-corrected chi connectivity index (χ1v) is 4.07. The Hall–Kier alpha value is 1.91. The second-order valence-corrected chi connectivity index (χ2v) is 3.18. The van der Waals surface area contributed by atoms with Gasteiger partial charge in [-0.3, -0.25) is 4.18 Å². The van der Waals surface area contributed by atoms with E-state index < -0.39 is 10.1 Å². The summed E-state index contributed by atoms with van der Waals surface area (Å²) in [5, 5.41) is 0. The summed E-state index contributed by atoms with van der Waals surface area (Å²) < 4.78 is 25.1. The summed E-state index contributed by atoms with van der Waals surface area (Å²) in [5.74, 6) is 0.0564. The van der Waals surface area contributed by atoms with E-state index in [9.17, 15) is 8.42 Å². The van der Waals surface area contributed by atoms with Gasteiger partial charge >= 0.3 is 59.1 Å². The van der Waals surface area contributed by atoms with E-state index in [2.05, 4.69) is 4.18 Å². The monoisotopic (exact) mass is 186 g/mol. The first-order chi connectivity index (χ1) is 3.62. The van der Waals surface area contributed by atoms with Gasteiger partial charge in [-0.15, -0.1) is 0 Å². The Morgan fingerprint density at radius 2 is 1.70 bits per heavy atom. The molecule has 0 saturated heterocycles. The molecule has 0 aromatic carbocycles. The maximum atomic E-state index is 10.4. The van der Waals surface area contributed by atoms with E-state index >= 15 is 0 Å². The van der Waals surface area contributed by atoms with Gasteiger partial charge in [-0.2, -0.15) is 8.42 Å². The minimum Gasteiger partial charge on any atom is -1.00 e. The van der Waals surface area contributed by atoms with Gasteiger partial charge in [0.05, 0.1) is 12.4 Å². The van der Waals surface area contributed by atoms with Crippen molar-refractivity contribution in [1.82, 2.24) is 0 Å². The summed E-state index contributed by atoms with van der Waals surface area (Å²) in [7, 11) is -3.17. The zero-order chi connectivity index (χ0) is 6.62. The van der Waals surface area contributed by atoms with E-state index in [1.165, 1.54) is 0 Å². The van der Waals surface area contributed by atoms with Crippen molar-refractivity contribution in [3.05, 3.63) is 0 Å². The Labute approximate surface area is 110 Å². The average molecular weight is 186 g/mol. The van der Waals surface area contributed by atoms with Crippen molar-refractivity contribution in [2.24, 2.45) is 0 Å². The van der Waals surface area contributed by atoms with Gasteiger partial charge in [-0.05, 0) is 13.8 Å². The Kier molecular flexibility index (Phi) is 16.1. The Balaban J connectivity index is -0.0000000408. The van der Waals surface area contributed by atoms with Gasteiger partial charge in [-0.25, -0.2) is 0 Å². The maximum absolute atomic E-state index is 10.4. The summed E-state index contributed by atoms with van der Waals surface area (Å²) in [5.41, 5.74) is 0. The summed E-state index contributed by atoms with van der Waals surface area (Å²) in [6.07, 6.45) is 0. The fraction of sp³-hybridized carbons (Fsp3) is 1.00. The summed E-state index contributed by atoms with van der Waals surface area (Å²) >= 11 is 0. The Morgan fingerprint density at radius 1 is 1.30 bits per heavy atom. The minimum atomic E-state index is -3.17. The van der Waals surface area contributed by atoms with E-state index in [-0.39, 0.29) is 74.3 Å². The molecule has 0 heterocycles. The minimum absolute atomic E-state index is 0. The zero-order valence-corrected chi connectivity index (χ0v) is 11.9. The number of rotatable bonds is 3. The smallest absolute Gasteiger partial charge is 1.00 e. The molecular weight excluding hydrogens is 174 g/mol. The van der Waals surface area contributed by atoms with Crippen LogP contribution in [0, 0.1) is 0 Å². The second kappa shape index (κ2) is 9.00. The molecule has 0 aromatic heterocycles. The van der Waals surface area contributed by atoms with Crippen LogP contribution < -0.4 is 59.1 Å². The molecule has 0 atom stereocenters. The molecule has 0 N–H and O–H groups in total. The fourth-order valence-corrected chi connectivity index (χ4v) is 0.789. The van der Waals surface area contributed by atoms with Crippen LogP contribution >= 0.6 is 0 Å². The summed E-state index contributed by atoms with van der Waals surface area (Å²) in [6, 6.07) is 0. The van der Waals surface area contributed by atoms with Gasteiger partial charge in [0.1, 0.15) is 0 Å². The molecule has 6 heteroatoms. The van der Waals surface area contributed by atoms with Gasteiger partial charge in [0.2, 0.25) is 0 Å². The van der Waals surface area contributed by atoms with E-state index in [4.69, 9.17) is 0 Å². The van der Waals surface area contributed by atoms with Crippen LogP contribution in [0.4, 0.5) is 0 Å². The van der Waals surface area contributed by atoms with Crippen molar-refractivity contribution in [3.8, 4) is 0 Å². The van der Waals surface area contributed by atoms with Crippen LogP contribution in [0.1, 0.15) is 16.7 Å². The molecule has 54 valence electrons. The Bertz CT molecular complexity index is 150. The summed E-state index contributed by atoms with van der Waals surface area (Å²) in [4.78, 5) is 0. The van der Waals surface area contributed by atoms with Crippen LogP contribution in [-0.4, -0.2) is 20.8 Å². The van der Waals surface area contributed by atoms with Gasteiger partial charge in [0.25, 0.3) is 10.1 Å². The van der Waals surface area contributed by atoms with E-state index in [1.54, 1.807) is 13.8 Å². The van der Waals surface area contributed by atoms with Gasteiger partial charge in [0.15, 0.2) is 0 Å². The Morgan fingerprint density at radius 3 is 1.80 bits per heavy atom. The quantitative estimate of drug-likeness (QED) is 0.326. The van der Waals surface area contributed by atoms with E-state index in [1.807, 2.05) is 0 Å². The molecule has 0 unspecified atom stereocenters. The second-order valence-electron chi connectivity index (χ2n) is 1.25. The normalized spacial score (nSPS) is 9.40. The fourth-order valence-electron chi connectivity index (χ4n) is 0.263. The molecule has 0 bridgehead atoms. The number of hydrogen-bond acceptors (Lipinski definition) is 3. The van der Waals surface area contributed by atoms with Crippen LogP contribution in [0.25, 0.3) is 0 Å². The first kappa shape index (κ1) is 17.9. The van der Waals surface area contributed by atoms with Crippen molar-refractivity contribution >= 4 is 10.1 Å². The van der Waals surface area contributed by atoms with Crippen molar-refractivity contribution in [1.29, 1.82) is 0 Å². The van der Waals surface area contributed by atoms with Crippen LogP contribution in [0.2, 0.25) is 0 Å². The molecule has 0 radical (unpaired) electrons. The maximum Gasteiger partial charge on any atom is 1.00 e. The summed E-state index contributed by atoms with van der Waals surface area (Å²) in [6.45, 7) is 3.42. The molecule has 0 spiro atoms. The van der Waals surface area contributed by atoms with Crippen LogP contribution in [0.3, 0.4) is 0 Å². The molecule has 0 aliphatic carbocycles. The van der Waals surface area contributed by atoms with Crippen molar-refractivity contribution in [2.45, 2.75) is 13.8 Å². The van der Waals surface area contributed by atoms with Gasteiger partial charge < -0.3 is 2.85 Å². The van der Waals surface area contributed by atoms with E-state index in [0.29, 0.717) is 0 Å². The molecule has 0 fully saturated rings. The van der Waals surface area contributed by atoms with Crippen molar-refractivity contribution < 1.29 is 74.6 Å². The molecule has 10 heavy (non-hydrogen) atoms. The van der Waals surface area contributed by atoms with E-state index in [0.717, 1.165) is 0 Å². The number of hydrogen-bond donors (Lipinski definition) is 0. The molecule has 0 saturated carbocycles. The van der Waals surface area contributed by atoms with Crippen LogP contribution in [0.15, 0.2) is 0 Å². The molecule has 0 rings (SSSR count). The van der Waals surface area contributed by atoms with Crippen LogP contribution in [0.5, 0.6) is 0 Å². The largest absolute Gasteiger partial charge is 1.00 e. The average Bonchev–Trinajstić information content (AvgIpc) is 1.67. The third-order valence-electron chi connectivity index (χ3n) is 0.651. The third kappa shape index (κ3) is 9.91. The van der Waals surface area contributed by atoms with Crippen LogP contribution in [-0.2, 0) is 14.3 Å². The zero-order valence-electron chi connectivity index (χ0n) is 9.05. The van der Waals surface area contributed by atoms with Gasteiger partial charge in [-0.1, -0.05) is 0 Å². The molecule has 0 aliphatic heterocycles. The molecule has 0 aliphatic rings. The molecule has 3 nitrogen and oxygen atoms in total. The SMILES string of the molecule is CCOS(=O)(=O)CC.[H-].[H-].[Na+].[Na+]. The molecule has 0 amide bonds. The van der Waals surface area contributed by atoms with Gasteiger partial charge in [0, 0.05) is 0 Å². The predicted molar refractivity (Wildman–Crippen MR) is 33.3 cm³/mol. The van der Waals surface area contributed by atoms with Crippen molar-refractivity contribution in [3.63, 3.8) is 0 Å². The standard InChI is InChI=1S/C4H10O3S.2Na.2H/c1-3-7-8(5,6)4-2;;;;/h3-4H2,1-2H3;;;;/q;2*+1;2*-1. The first-order valence-electron chi connectivity index (χ1n) is 2.49.